The Morgan fingerprint density at radius 3 is 2.46 bits per heavy atom. The predicted molar refractivity (Wildman–Crippen MR) is 93.0 cm³/mol. The molecule has 6 heteroatoms. The zero-order valence-corrected chi connectivity index (χ0v) is 14.6. The first-order valence-electron chi connectivity index (χ1n) is 7.21. The molecule has 1 heterocycles. The van der Waals surface area contributed by atoms with Gasteiger partial charge in [-0.15, -0.1) is 0 Å². The minimum absolute atomic E-state index is 0.410. The van der Waals surface area contributed by atoms with E-state index in [0.29, 0.717) is 10.9 Å². The number of alkyl halides is 1. The lowest BCUT2D eigenvalue weighted by Crippen LogP contribution is -2.20. The maximum Gasteiger partial charge on any atom is 0.415 e. The number of alkyl carbamates (subject to hydrolysis) is 1. The summed E-state index contributed by atoms with van der Waals surface area (Å²) in [5, 5.41) is 2.79. The van der Waals surface area contributed by atoms with Crippen molar-refractivity contribution in [1.29, 1.82) is 0 Å². The van der Waals surface area contributed by atoms with Gasteiger partial charge in [-0.2, -0.15) is 0 Å². The van der Waals surface area contributed by atoms with E-state index in [1.54, 1.807) is 12.1 Å². The Kier molecular flexibility index (Phi) is 6.26. The van der Waals surface area contributed by atoms with Crippen LogP contribution in [0, 0.1) is 6.92 Å². The number of carbonyl (C=O) groups is 3. The number of aldehydes is 1. The summed E-state index contributed by atoms with van der Waals surface area (Å²) >= 11 is 3.32. The van der Waals surface area contributed by atoms with Gasteiger partial charge in [0.05, 0.1) is 0 Å². The van der Waals surface area contributed by atoms with Gasteiger partial charge < -0.3 is 4.74 Å². The Morgan fingerprint density at radius 1 is 1.17 bits per heavy atom. The molecule has 1 unspecified atom stereocenters. The Morgan fingerprint density at radius 2 is 1.92 bits per heavy atom. The van der Waals surface area contributed by atoms with E-state index in [1.165, 1.54) is 0 Å². The molecule has 24 heavy (non-hydrogen) atoms. The van der Waals surface area contributed by atoms with Crippen LogP contribution >= 0.6 is 15.9 Å². The first-order chi connectivity index (χ1) is 11.5. The Labute approximate surface area is 148 Å². The van der Waals surface area contributed by atoms with Gasteiger partial charge in [-0.05, 0) is 18.6 Å². The van der Waals surface area contributed by atoms with Gasteiger partial charge >= 0.3 is 6.09 Å². The van der Waals surface area contributed by atoms with E-state index >= 15 is 0 Å². The number of ether oxygens (including phenoxy) is 1. The number of halogens is 1. The summed E-state index contributed by atoms with van der Waals surface area (Å²) in [6.07, 6.45) is -0.641. The normalized spacial score (nSPS) is 15.8. The maximum absolute atomic E-state index is 11.3. The van der Waals surface area contributed by atoms with Crippen molar-refractivity contribution in [3.63, 3.8) is 0 Å². The van der Waals surface area contributed by atoms with Crippen LogP contribution in [-0.4, -0.2) is 18.3 Å². The fourth-order valence-corrected chi connectivity index (χ4v) is 2.51. The largest absolute Gasteiger partial charge is 0.431 e. The molecule has 2 aromatic rings. The van der Waals surface area contributed by atoms with E-state index in [9.17, 15) is 14.4 Å². The minimum atomic E-state index is -0.809. The Hall–Kier alpha value is -2.47. The molecule has 0 spiro atoms. The van der Waals surface area contributed by atoms with Gasteiger partial charge in [0.2, 0.25) is 6.10 Å². The third kappa shape index (κ3) is 4.76. The smallest absolute Gasteiger partial charge is 0.415 e. The maximum atomic E-state index is 11.3. The first-order valence-corrected chi connectivity index (χ1v) is 8.33. The highest BCUT2D eigenvalue weighted by Gasteiger charge is 2.33. The second-order valence-corrected chi connectivity index (χ2v) is 5.75. The highest BCUT2D eigenvalue weighted by molar-refractivity contribution is 9.08. The lowest BCUT2D eigenvalue weighted by atomic mass is 10.1. The SMILES string of the molecule is Cc1cccc(C=O)c1.O=C1NC(=O)C(c2cccc(CBr)c2)O1. The van der Waals surface area contributed by atoms with Crippen LogP contribution in [0.15, 0.2) is 48.5 Å². The zero-order valence-electron chi connectivity index (χ0n) is 13.0. The highest BCUT2D eigenvalue weighted by Crippen LogP contribution is 2.23. The molecule has 0 saturated carbocycles. The predicted octanol–water partition coefficient (Wildman–Crippen LogP) is 3.70. The quantitative estimate of drug-likeness (QED) is 0.641. The summed E-state index contributed by atoms with van der Waals surface area (Å²) in [6.45, 7) is 1.97. The molecule has 0 radical (unpaired) electrons. The van der Waals surface area contributed by atoms with Crippen molar-refractivity contribution in [1.82, 2.24) is 5.32 Å². The average molecular weight is 390 g/mol. The van der Waals surface area contributed by atoms with Crippen LogP contribution in [0.3, 0.4) is 0 Å². The van der Waals surface area contributed by atoms with Crippen molar-refractivity contribution in [3.05, 3.63) is 70.8 Å². The lowest BCUT2D eigenvalue weighted by molar-refractivity contribution is -0.123. The third-order valence-electron chi connectivity index (χ3n) is 3.27. The van der Waals surface area contributed by atoms with Crippen molar-refractivity contribution >= 4 is 34.2 Å². The van der Waals surface area contributed by atoms with Crippen LogP contribution in [0.25, 0.3) is 0 Å². The van der Waals surface area contributed by atoms with Crippen molar-refractivity contribution in [2.24, 2.45) is 0 Å². The van der Waals surface area contributed by atoms with Crippen molar-refractivity contribution in [2.45, 2.75) is 18.4 Å². The fraction of sp³-hybridized carbons (Fsp3) is 0.167. The molecule has 1 N–H and O–H groups in total. The highest BCUT2D eigenvalue weighted by atomic mass is 79.9. The molecule has 1 fully saturated rings. The number of nitrogens with one attached hydrogen (secondary N) is 1. The summed E-state index contributed by atoms with van der Waals surface area (Å²) in [6, 6.07) is 14.8. The lowest BCUT2D eigenvalue weighted by Gasteiger charge is -2.07. The van der Waals surface area contributed by atoms with Crippen molar-refractivity contribution in [2.75, 3.05) is 0 Å². The number of aryl methyl sites for hydroxylation is 1. The van der Waals surface area contributed by atoms with E-state index in [0.717, 1.165) is 23.0 Å². The summed E-state index contributed by atoms with van der Waals surface area (Å²) in [5.41, 5.74) is 3.59. The molecule has 1 atom stereocenters. The molecule has 2 amide bonds. The van der Waals surface area contributed by atoms with Gasteiger partial charge in [0.25, 0.3) is 5.91 Å². The summed E-state index contributed by atoms with van der Waals surface area (Å²) < 4.78 is 4.84. The van der Waals surface area contributed by atoms with Crippen molar-refractivity contribution < 1.29 is 19.1 Å². The molecular formula is C18H16BrNO4. The van der Waals surface area contributed by atoms with Gasteiger partial charge in [-0.3, -0.25) is 14.9 Å². The molecule has 0 bridgehead atoms. The van der Waals surface area contributed by atoms with E-state index in [2.05, 4.69) is 21.2 Å². The summed E-state index contributed by atoms with van der Waals surface area (Å²) in [5.74, 6) is -0.410. The monoisotopic (exact) mass is 389 g/mol. The van der Waals surface area contributed by atoms with Crippen LogP contribution in [0.5, 0.6) is 0 Å². The van der Waals surface area contributed by atoms with Crippen LogP contribution in [-0.2, 0) is 14.9 Å². The molecule has 1 saturated heterocycles. The Balaban J connectivity index is 0.000000198. The second-order valence-electron chi connectivity index (χ2n) is 5.19. The molecule has 2 aromatic carbocycles. The van der Waals surface area contributed by atoms with E-state index < -0.39 is 18.1 Å². The zero-order chi connectivity index (χ0) is 17.5. The molecular weight excluding hydrogens is 374 g/mol. The third-order valence-corrected chi connectivity index (χ3v) is 3.92. The number of rotatable bonds is 3. The standard InChI is InChI=1S/C10H8BrNO3.C8H8O/c11-5-6-2-1-3-7(4-6)8-9(13)12-10(14)15-8;1-7-3-2-4-8(5-7)6-9/h1-4,8H,5H2,(H,12,13,14);2-6H,1H3. The van der Waals surface area contributed by atoms with E-state index in [4.69, 9.17) is 4.74 Å². The molecule has 0 aliphatic carbocycles. The molecule has 1 aliphatic heterocycles. The second kappa shape index (κ2) is 8.40. The molecule has 0 aromatic heterocycles. The van der Waals surface area contributed by atoms with Gasteiger partial charge in [0.1, 0.15) is 6.29 Å². The fourth-order valence-electron chi connectivity index (χ4n) is 2.16. The van der Waals surface area contributed by atoms with E-state index in [1.807, 2.05) is 43.3 Å². The summed E-state index contributed by atoms with van der Waals surface area (Å²) in [4.78, 5) is 32.3. The number of carbonyl (C=O) groups excluding carboxylic acids is 3. The van der Waals surface area contributed by atoms with Crippen LogP contribution in [0.2, 0.25) is 0 Å². The minimum Gasteiger partial charge on any atom is -0.431 e. The molecule has 1 aliphatic rings. The molecule has 124 valence electrons. The Bertz CT molecular complexity index is 760. The summed E-state index contributed by atoms with van der Waals surface area (Å²) in [7, 11) is 0. The van der Waals surface area contributed by atoms with Gasteiger partial charge in [0, 0.05) is 16.5 Å². The van der Waals surface area contributed by atoms with Crippen molar-refractivity contribution in [3.8, 4) is 0 Å². The van der Waals surface area contributed by atoms with E-state index in [-0.39, 0.29) is 0 Å². The topological polar surface area (TPSA) is 72.5 Å². The number of amides is 2. The molecule has 5 nitrogen and oxygen atoms in total. The average Bonchev–Trinajstić information content (AvgIpc) is 2.94. The number of hydrogen-bond donors (Lipinski definition) is 1. The number of cyclic esters (lactones) is 1. The van der Waals surface area contributed by atoms with Gasteiger partial charge in [0.15, 0.2) is 0 Å². The van der Waals surface area contributed by atoms with Crippen LogP contribution in [0.1, 0.15) is 33.2 Å². The number of benzene rings is 2. The number of hydrogen-bond acceptors (Lipinski definition) is 4. The van der Waals surface area contributed by atoms with Gasteiger partial charge in [-0.1, -0.05) is 64.0 Å². The molecule has 3 rings (SSSR count). The first kappa shape index (κ1) is 17.9. The number of imide groups is 1. The van der Waals surface area contributed by atoms with Crippen LogP contribution < -0.4 is 5.32 Å². The van der Waals surface area contributed by atoms with Crippen LogP contribution in [0.4, 0.5) is 4.79 Å². The van der Waals surface area contributed by atoms with Gasteiger partial charge in [-0.25, -0.2) is 4.79 Å².